The molecule has 1 aromatic carbocycles. The van der Waals surface area contributed by atoms with Crippen molar-refractivity contribution in [1.82, 2.24) is 5.32 Å². The van der Waals surface area contributed by atoms with Crippen LogP contribution in [0.5, 0.6) is 0 Å². The molecule has 1 amide bonds. The van der Waals surface area contributed by atoms with Gasteiger partial charge in [-0.1, -0.05) is 30.5 Å². The zero-order chi connectivity index (χ0) is 15.9. The highest BCUT2D eigenvalue weighted by atomic mass is 35.5. The number of benzene rings is 1. The number of nitrogens with one attached hydrogen (secondary N) is 1. The predicted molar refractivity (Wildman–Crippen MR) is 79.2 cm³/mol. The molecule has 2 N–H and O–H groups in total. The molecule has 22 heavy (non-hydrogen) atoms. The van der Waals surface area contributed by atoms with Crippen LogP contribution in [0.2, 0.25) is 5.02 Å². The molecule has 2 saturated carbocycles. The number of rotatable bonds is 6. The minimum absolute atomic E-state index is 0.260. The van der Waals surface area contributed by atoms with Crippen molar-refractivity contribution < 1.29 is 19.1 Å². The van der Waals surface area contributed by atoms with E-state index in [1.807, 2.05) is 0 Å². The lowest BCUT2D eigenvalue weighted by Gasteiger charge is -2.14. The highest BCUT2D eigenvalue weighted by Crippen LogP contribution is 2.50. The van der Waals surface area contributed by atoms with Crippen LogP contribution in [0.1, 0.15) is 37.2 Å². The molecule has 0 bridgehead atoms. The fourth-order valence-corrected chi connectivity index (χ4v) is 3.16. The summed E-state index contributed by atoms with van der Waals surface area (Å²) in [4.78, 5) is 23.4. The number of hydrogen-bond acceptors (Lipinski definition) is 2. The molecule has 4 nitrogen and oxygen atoms in total. The molecule has 3 atom stereocenters. The molecule has 2 fully saturated rings. The first-order valence-electron chi connectivity index (χ1n) is 7.44. The van der Waals surface area contributed by atoms with E-state index < -0.39 is 23.7 Å². The summed E-state index contributed by atoms with van der Waals surface area (Å²) in [5.74, 6) is -2.00. The molecule has 0 radical (unpaired) electrons. The van der Waals surface area contributed by atoms with Gasteiger partial charge in [-0.25, -0.2) is 9.18 Å². The SMILES string of the molecule is O=C(O)C(CC1CC1)NC(=O)C1CC1c1c(F)cccc1Cl. The molecule has 2 aliphatic carbocycles. The molecule has 3 unspecified atom stereocenters. The van der Waals surface area contributed by atoms with Crippen LogP contribution in [0.3, 0.4) is 0 Å². The van der Waals surface area contributed by atoms with Crippen molar-refractivity contribution in [1.29, 1.82) is 0 Å². The molecule has 0 spiro atoms. The van der Waals surface area contributed by atoms with Crippen molar-refractivity contribution in [3.05, 3.63) is 34.6 Å². The van der Waals surface area contributed by atoms with Crippen LogP contribution in [-0.4, -0.2) is 23.0 Å². The molecule has 0 aromatic heterocycles. The number of carbonyl (C=O) groups is 2. The second kappa shape index (κ2) is 5.88. The Morgan fingerprint density at radius 3 is 2.73 bits per heavy atom. The molecule has 3 rings (SSSR count). The van der Waals surface area contributed by atoms with E-state index in [0.717, 1.165) is 12.8 Å². The summed E-state index contributed by atoms with van der Waals surface area (Å²) in [6.45, 7) is 0. The van der Waals surface area contributed by atoms with Gasteiger partial charge in [0.1, 0.15) is 11.9 Å². The number of hydrogen-bond donors (Lipinski definition) is 2. The van der Waals surface area contributed by atoms with E-state index in [9.17, 15) is 19.1 Å². The Kier molecular flexibility index (Phi) is 4.08. The van der Waals surface area contributed by atoms with E-state index in [-0.39, 0.29) is 11.8 Å². The van der Waals surface area contributed by atoms with Crippen molar-refractivity contribution in [2.24, 2.45) is 11.8 Å². The zero-order valence-corrected chi connectivity index (χ0v) is 12.6. The van der Waals surface area contributed by atoms with Crippen molar-refractivity contribution in [3.8, 4) is 0 Å². The van der Waals surface area contributed by atoms with E-state index in [1.54, 1.807) is 6.07 Å². The van der Waals surface area contributed by atoms with Gasteiger partial charge in [0.25, 0.3) is 0 Å². The molecule has 2 aliphatic rings. The highest BCUT2D eigenvalue weighted by Gasteiger charge is 2.47. The zero-order valence-electron chi connectivity index (χ0n) is 11.9. The van der Waals surface area contributed by atoms with Crippen LogP contribution < -0.4 is 5.32 Å². The van der Waals surface area contributed by atoms with Gasteiger partial charge in [0.2, 0.25) is 5.91 Å². The summed E-state index contributed by atoms with van der Waals surface area (Å²) >= 11 is 6.00. The average Bonchev–Trinajstić information content (AvgIpc) is 3.32. The predicted octanol–water partition coefficient (Wildman–Crippen LogP) is 2.95. The van der Waals surface area contributed by atoms with Gasteiger partial charge in [-0.15, -0.1) is 0 Å². The number of aliphatic carboxylic acids is 1. The van der Waals surface area contributed by atoms with Gasteiger partial charge in [0, 0.05) is 22.4 Å². The van der Waals surface area contributed by atoms with Gasteiger partial charge in [0.05, 0.1) is 0 Å². The van der Waals surface area contributed by atoms with E-state index in [0.29, 0.717) is 29.3 Å². The van der Waals surface area contributed by atoms with Crippen LogP contribution in [-0.2, 0) is 9.59 Å². The monoisotopic (exact) mass is 325 g/mol. The van der Waals surface area contributed by atoms with E-state index in [1.165, 1.54) is 12.1 Å². The Morgan fingerprint density at radius 2 is 2.14 bits per heavy atom. The third-order valence-corrected chi connectivity index (χ3v) is 4.71. The van der Waals surface area contributed by atoms with E-state index in [4.69, 9.17) is 11.6 Å². The van der Waals surface area contributed by atoms with Gasteiger partial charge in [0.15, 0.2) is 0 Å². The van der Waals surface area contributed by atoms with Crippen LogP contribution in [0.15, 0.2) is 18.2 Å². The van der Waals surface area contributed by atoms with Gasteiger partial charge < -0.3 is 10.4 Å². The molecule has 6 heteroatoms. The van der Waals surface area contributed by atoms with Gasteiger partial charge in [-0.05, 0) is 30.9 Å². The summed E-state index contributed by atoms with van der Waals surface area (Å²) in [5, 5.41) is 12.1. The maximum Gasteiger partial charge on any atom is 0.326 e. The lowest BCUT2D eigenvalue weighted by atomic mass is 10.1. The molecule has 0 heterocycles. The summed E-state index contributed by atoms with van der Waals surface area (Å²) in [7, 11) is 0. The molecule has 0 aliphatic heterocycles. The summed E-state index contributed by atoms with van der Waals surface area (Å²) in [6, 6.07) is 3.59. The average molecular weight is 326 g/mol. The van der Waals surface area contributed by atoms with Gasteiger partial charge in [-0.3, -0.25) is 4.79 Å². The third-order valence-electron chi connectivity index (χ3n) is 4.38. The maximum atomic E-state index is 13.8. The first kappa shape index (κ1) is 15.3. The Labute approximate surface area is 132 Å². The Balaban J connectivity index is 1.63. The first-order chi connectivity index (χ1) is 10.5. The molecule has 118 valence electrons. The molecule has 0 saturated heterocycles. The molecular weight excluding hydrogens is 309 g/mol. The fourth-order valence-electron chi connectivity index (χ4n) is 2.86. The Bertz CT molecular complexity index is 597. The summed E-state index contributed by atoms with van der Waals surface area (Å²) in [5.41, 5.74) is 0.360. The van der Waals surface area contributed by atoms with Crippen LogP contribution in [0, 0.1) is 17.7 Å². The fraction of sp³-hybridized carbons (Fsp3) is 0.500. The second-order valence-electron chi connectivity index (χ2n) is 6.16. The molecule has 1 aromatic rings. The standard InChI is InChI=1S/C16H17ClFNO3/c17-11-2-1-3-12(18)14(11)9-7-10(9)15(20)19-13(16(21)22)6-8-4-5-8/h1-3,8-10,13H,4-7H2,(H,19,20)(H,21,22). The number of halogens is 2. The maximum absolute atomic E-state index is 13.8. The number of carboxylic acids is 1. The topological polar surface area (TPSA) is 66.4 Å². The second-order valence-corrected chi connectivity index (χ2v) is 6.57. The normalized spacial score (nSPS) is 24.6. The van der Waals surface area contributed by atoms with Crippen LogP contribution in [0.4, 0.5) is 4.39 Å². The van der Waals surface area contributed by atoms with Crippen LogP contribution in [0.25, 0.3) is 0 Å². The number of carbonyl (C=O) groups excluding carboxylic acids is 1. The van der Waals surface area contributed by atoms with Gasteiger partial charge in [-0.2, -0.15) is 0 Å². The Hall–Kier alpha value is -1.62. The summed E-state index contributed by atoms with van der Waals surface area (Å²) < 4.78 is 13.8. The highest BCUT2D eigenvalue weighted by molar-refractivity contribution is 6.31. The van der Waals surface area contributed by atoms with Crippen molar-refractivity contribution in [2.75, 3.05) is 0 Å². The lowest BCUT2D eigenvalue weighted by Crippen LogP contribution is -2.42. The Morgan fingerprint density at radius 1 is 1.41 bits per heavy atom. The van der Waals surface area contributed by atoms with Crippen molar-refractivity contribution in [2.45, 2.75) is 37.6 Å². The van der Waals surface area contributed by atoms with Crippen molar-refractivity contribution >= 4 is 23.5 Å². The third kappa shape index (κ3) is 3.24. The quantitative estimate of drug-likeness (QED) is 0.845. The minimum atomic E-state index is -1.01. The number of carboxylic acid groups (broad SMARTS) is 1. The largest absolute Gasteiger partial charge is 0.480 e. The number of amides is 1. The van der Waals surface area contributed by atoms with Crippen molar-refractivity contribution in [3.63, 3.8) is 0 Å². The minimum Gasteiger partial charge on any atom is -0.480 e. The van der Waals surface area contributed by atoms with E-state index >= 15 is 0 Å². The van der Waals surface area contributed by atoms with Gasteiger partial charge >= 0.3 is 5.97 Å². The molecular formula is C16H17ClFNO3. The first-order valence-corrected chi connectivity index (χ1v) is 7.82. The van der Waals surface area contributed by atoms with E-state index in [2.05, 4.69) is 5.32 Å². The lowest BCUT2D eigenvalue weighted by molar-refractivity contribution is -0.142. The smallest absolute Gasteiger partial charge is 0.326 e. The van der Waals surface area contributed by atoms with Crippen LogP contribution >= 0.6 is 11.6 Å². The summed E-state index contributed by atoms with van der Waals surface area (Å²) in [6.07, 6.45) is 3.02.